The van der Waals surface area contributed by atoms with Gasteiger partial charge in [-0.25, -0.2) is 0 Å². The monoisotopic (exact) mass is 273 g/mol. The maximum absolute atomic E-state index is 10.6. The Morgan fingerprint density at radius 2 is 2.20 bits per heavy atom. The third-order valence-electron chi connectivity index (χ3n) is 5.38. The molecule has 0 aliphatic carbocycles. The molecule has 0 saturated carbocycles. The van der Waals surface area contributed by atoms with Gasteiger partial charge in [0, 0.05) is 31.0 Å². The molecule has 3 atom stereocenters. The number of hydrogen-bond donors (Lipinski definition) is 1. The van der Waals surface area contributed by atoms with Crippen LogP contribution >= 0.6 is 0 Å². The minimum atomic E-state index is -0.369. The van der Waals surface area contributed by atoms with Crippen molar-refractivity contribution in [3.63, 3.8) is 0 Å². The topological polar surface area (TPSA) is 32.7 Å². The van der Waals surface area contributed by atoms with Gasteiger partial charge < -0.3 is 14.7 Å². The molecule has 3 aliphatic rings. The highest BCUT2D eigenvalue weighted by Gasteiger charge is 2.47. The van der Waals surface area contributed by atoms with Crippen LogP contribution in [0.15, 0.2) is 18.2 Å². The number of piperidine rings is 1. The summed E-state index contributed by atoms with van der Waals surface area (Å²) < 4.78 is 6.41. The van der Waals surface area contributed by atoms with Gasteiger partial charge >= 0.3 is 0 Å². The fourth-order valence-electron chi connectivity index (χ4n) is 4.34. The van der Waals surface area contributed by atoms with Crippen LogP contribution in [-0.4, -0.2) is 34.7 Å². The first-order valence-corrected chi connectivity index (χ1v) is 7.87. The maximum atomic E-state index is 10.6. The zero-order chi connectivity index (χ0) is 13.7. The van der Waals surface area contributed by atoms with E-state index in [1.807, 2.05) is 6.07 Å². The molecule has 108 valence electrons. The number of benzene rings is 1. The molecule has 3 aliphatic heterocycles. The Bertz CT molecular complexity index is 530. The van der Waals surface area contributed by atoms with Crippen molar-refractivity contribution in [1.82, 2.24) is 4.90 Å². The molecule has 0 radical (unpaired) electrons. The number of aryl methyl sites for hydroxylation is 1. The van der Waals surface area contributed by atoms with Crippen molar-refractivity contribution in [1.29, 1.82) is 0 Å². The van der Waals surface area contributed by atoms with Crippen LogP contribution in [-0.2, 0) is 0 Å². The van der Waals surface area contributed by atoms with Crippen molar-refractivity contribution in [2.24, 2.45) is 0 Å². The molecule has 2 fully saturated rings. The second-order valence-electron chi connectivity index (χ2n) is 6.83. The van der Waals surface area contributed by atoms with Gasteiger partial charge in [-0.3, -0.25) is 0 Å². The highest BCUT2D eigenvalue weighted by atomic mass is 16.5. The van der Waals surface area contributed by atoms with Crippen molar-refractivity contribution < 1.29 is 9.84 Å². The minimum absolute atomic E-state index is 0.132. The Morgan fingerprint density at radius 1 is 1.30 bits per heavy atom. The number of aliphatic hydroxyl groups excluding tert-OH is 1. The van der Waals surface area contributed by atoms with E-state index >= 15 is 0 Å². The van der Waals surface area contributed by atoms with Crippen molar-refractivity contribution in [3.05, 3.63) is 29.3 Å². The van der Waals surface area contributed by atoms with Gasteiger partial charge in [-0.2, -0.15) is 0 Å². The fraction of sp³-hybridized carbons (Fsp3) is 0.647. The summed E-state index contributed by atoms with van der Waals surface area (Å²) in [5, 5.41) is 10.6. The van der Waals surface area contributed by atoms with E-state index < -0.39 is 0 Å². The number of nitrogens with zero attached hydrogens (tertiary/aromatic N) is 1. The number of ether oxygens (including phenoxy) is 1. The molecular formula is C17H23NO2. The minimum Gasteiger partial charge on any atom is -0.487 e. The molecule has 1 aromatic carbocycles. The molecule has 1 aromatic rings. The van der Waals surface area contributed by atoms with Gasteiger partial charge in [-0.15, -0.1) is 0 Å². The largest absolute Gasteiger partial charge is 0.487 e. The first-order chi connectivity index (χ1) is 9.65. The number of fused-ring (bicyclic) bond motifs is 2. The van der Waals surface area contributed by atoms with Gasteiger partial charge in [0.25, 0.3) is 0 Å². The molecule has 1 N–H and O–H groups in total. The molecule has 0 amide bonds. The van der Waals surface area contributed by atoms with Crippen molar-refractivity contribution >= 4 is 0 Å². The van der Waals surface area contributed by atoms with Crippen LogP contribution in [0.1, 0.15) is 49.3 Å². The Balaban J connectivity index is 1.63. The summed E-state index contributed by atoms with van der Waals surface area (Å²) in [5.74, 6) is 0.904. The summed E-state index contributed by atoms with van der Waals surface area (Å²) in [4.78, 5) is 2.60. The van der Waals surface area contributed by atoms with Gasteiger partial charge in [0.1, 0.15) is 11.4 Å². The van der Waals surface area contributed by atoms with E-state index in [0.29, 0.717) is 6.04 Å². The Hall–Kier alpha value is -1.06. The highest BCUT2D eigenvalue weighted by Crippen LogP contribution is 2.46. The molecule has 20 heavy (non-hydrogen) atoms. The normalized spacial score (nSPS) is 36.5. The van der Waals surface area contributed by atoms with Crippen molar-refractivity contribution in [2.75, 3.05) is 13.1 Å². The average molecular weight is 273 g/mol. The van der Waals surface area contributed by atoms with E-state index in [1.54, 1.807) is 0 Å². The lowest BCUT2D eigenvalue weighted by molar-refractivity contribution is -0.0646. The third-order valence-corrected chi connectivity index (χ3v) is 5.38. The number of rotatable bonds is 0. The quantitative estimate of drug-likeness (QED) is 0.789. The van der Waals surface area contributed by atoms with Crippen LogP contribution in [0.5, 0.6) is 5.75 Å². The van der Waals surface area contributed by atoms with E-state index in [-0.39, 0.29) is 11.7 Å². The van der Waals surface area contributed by atoms with Crippen LogP contribution in [0.3, 0.4) is 0 Å². The van der Waals surface area contributed by atoms with Gasteiger partial charge in [0.15, 0.2) is 0 Å². The molecule has 3 unspecified atom stereocenters. The van der Waals surface area contributed by atoms with Gasteiger partial charge in [0.05, 0.1) is 6.10 Å². The van der Waals surface area contributed by atoms with Crippen LogP contribution in [0.2, 0.25) is 0 Å². The van der Waals surface area contributed by atoms with Crippen LogP contribution in [0.25, 0.3) is 0 Å². The van der Waals surface area contributed by atoms with Gasteiger partial charge in [0.2, 0.25) is 0 Å². The van der Waals surface area contributed by atoms with E-state index in [1.165, 1.54) is 24.9 Å². The summed E-state index contributed by atoms with van der Waals surface area (Å²) in [6.45, 7) is 4.44. The number of hydrogen-bond acceptors (Lipinski definition) is 3. The summed E-state index contributed by atoms with van der Waals surface area (Å²) >= 11 is 0. The summed E-state index contributed by atoms with van der Waals surface area (Å²) in [5.41, 5.74) is 2.03. The predicted octanol–water partition coefficient (Wildman–Crippen LogP) is 2.81. The molecule has 1 spiro atoms. The maximum Gasteiger partial charge on any atom is 0.125 e. The van der Waals surface area contributed by atoms with E-state index in [4.69, 9.17) is 4.74 Å². The fourth-order valence-corrected chi connectivity index (χ4v) is 4.34. The lowest BCUT2D eigenvalue weighted by atomic mass is 9.79. The Labute approximate surface area is 120 Å². The lowest BCUT2D eigenvalue weighted by Crippen LogP contribution is -2.52. The third kappa shape index (κ3) is 1.95. The van der Waals surface area contributed by atoms with Crippen LogP contribution in [0, 0.1) is 6.92 Å². The lowest BCUT2D eigenvalue weighted by Gasteiger charge is -2.47. The Kier molecular flexibility index (Phi) is 2.83. The molecule has 3 nitrogen and oxygen atoms in total. The number of aliphatic hydroxyl groups is 1. The Morgan fingerprint density at radius 3 is 3.10 bits per heavy atom. The van der Waals surface area contributed by atoms with Gasteiger partial charge in [-0.1, -0.05) is 11.6 Å². The molecule has 0 bridgehead atoms. The summed E-state index contributed by atoms with van der Waals surface area (Å²) in [6, 6.07) is 6.85. The average Bonchev–Trinajstić information content (AvgIpc) is 2.87. The molecule has 2 saturated heterocycles. The van der Waals surface area contributed by atoms with E-state index in [0.717, 1.165) is 37.1 Å². The summed E-state index contributed by atoms with van der Waals surface area (Å²) in [6.07, 6.45) is 5.13. The second kappa shape index (κ2) is 4.47. The highest BCUT2D eigenvalue weighted by molar-refractivity contribution is 5.41. The smallest absolute Gasteiger partial charge is 0.125 e. The molecule has 3 heterocycles. The molecular weight excluding hydrogens is 250 g/mol. The van der Waals surface area contributed by atoms with E-state index in [2.05, 4.69) is 24.0 Å². The van der Waals surface area contributed by atoms with Crippen molar-refractivity contribution in [2.45, 2.75) is 56.8 Å². The zero-order valence-electron chi connectivity index (χ0n) is 12.1. The molecule has 4 rings (SSSR count). The summed E-state index contributed by atoms with van der Waals surface area (Å²) in [7, 11) is 0. The molecule has 0 aromatic heterocycles. The second-order valence-corrected chi connectivity index (χ2v) is 6.83. The molecule has 3 heteroatoms. The van der Waals surface area contributed by atoms with Crippen LogP contribution < -0.4 is 4.74 Å². The van der Waals surface area contributed by atoms with Crippen molar-refractivity contribution in [3.8, 4) is 5.75 Å². The van der Waals surface area contributed by atoms with Crippen LogP contribution in [0.4, 0.5) is 0 Å². The van der Waals surface area contributed by atoms with Gasteiger partial charge in [-0.05, 0) is 44.9 Å². The van der Waals surface area contributed by atoms with E-state index in [9.17, 15) is 5.11 Å². The predicted molar refractivity (Wildman–Crippen MR) is 77.9 cm³/mol. The SMILES string of the molecule is Cc1ccc2c(c1)C(O)CC1(CCN3CCCC3C1)O2. The standard InChI is InChI=1S/C17H23NO2/c1-12-4-5-16-14(9-12)15(19)11-17(20-16)6-8-18-7-2-3-13(18)10-17/h4-5,9,13,15,19H,2-3,6-8,10-11H2,1H3. The zero-order valence-corrected chi connectivity index (χ0v) is 12.1. The first kappa shape index (κ1) is 12.7. The first-order valence-electron chi connectivity index (χ1n) is 7.87.